The van der Waals surface area contributed by atoms with Gasteiger partial charge in [-0.3, -0.25) is 4.90 Å². The van der Waals surface area contributed by atoms with Crippen molar-refractivity contribution >= 4 is 27.3 Å². The second kappa shape index (κ2) is 4.98. The number of rotatable bonds is 2. The van der Waals surface area contributed by atoms with Gasteiger partial charge in [-0.15, -0.1) is 11.3 Å². The predicted molar refractivity (Wildman–Crippen MR) is 70.3 cm³/mol. The van der Waals surface area contributed by atoms with Crippen LogP contribution in [0.4, 0.5) is 0 Å². The molecule has 84 valence electrons. The van der Waals surface area contributed by atoms with Crippen LogP contribution in [0.3, 0.4) is 0 Å². The highest BCUT2D eigenvalue weighted by molar-refractivity contribution is 9.11. The van der Waals surface area contributed by atoms with E-state index in [1.165, 1.54) is 28.0 Å². The van der Waals surface area contributed by atoms with Crippen molar-refractivity contribution in [3.63, 3.8) is 0 Å². The molecule has 2 atom stereocenters. The summed E-state index contributed by atoms with van der Waals surface area (Å²) in [5, 5.41) is 0. The van der Waals surface area contributed by atoms with Crippen molar-refractivity contribution in [3.05, 3.63) is 20.8 Å². The molecule has 0 aromatic carbocycles. The maximum Gasteiger partial charge on any atom is 0.0701 e. The number of thiophene rings is 1. The van der Waals surface area contributed by atoms with Gasteiger partial charge in [-0.05, 0) is 60.3 Å². The molecule has 0 spiro atoms. The highest BCUT2D eigenvalue weighted by atomic mass is 79.9. The first-order valence-corrected chi connectivity index (χ1v) is 7.26. The Labute approximate surface area is 105 Å². The Morgan fingerprint density at radius 3 is 2.93 bits per heavy atom. The molecule has 1 aliphatic rings. The molecular weight excluding hydrogens is 270 g/mol. The first-order valence-electron chi connectivity index (χ1n) is 5.65. The fourth-order valence-electron chi connectivity index (χ4n) is 2.28. The van der Waals surface area contributed by atoms with Crippen molar-refractivity contribution in [1.29, 1.82) is 0 Å². The molecule has 0 saturated carbocycles. The standard InChI is InChI=1S/C12H18BrNS/c1-9-4-3-7-14(10(9)2)8-11-5-6-12(13)15-11/h5-6,9-10H,3-4,7-8H2,1-2H3. The van der Waals surface area contributed by atoms with Gasteiger partial charge in [-0.25, -0.2) is 0 Å². The van der Waals surface area contributed by atoms with Gasteiger partial charge in [0, 0.05) is 17.5 Å². The third-order valence-electron chi connectivity index (χ3n) is 3.49. The summed E-state index contributed by atoms with van der Waals surface area (Å²) in [4.78, 5) is 4.09. The average molecular weight is 288 g/mol. The SMILES string of the molecule is CC1CCCN(Cc2ccc(Br)s2)C1C. The Bertz CT molecular complexity index is 323. The Hall–Kier alpha value is 0.140. The van der Waals surface area contributed by atoms with E-state index in [0.717, 1.165) is 18.5 Å². The first kappa shape index (κ1) is 11.6. The Balaban J connectivity index is 1.99. The van der Waals surface area contributed by atoms with E-state index in [2.05, 4.69) is 46.8 Å². The zero-order chi connectivity index (χ0) is 10.8. The smallest absolute Gasteiger partial charge is 0.0701 e. The van der Waals surface area contributed by atoms with E-state index in [0.29, 0.717) is 0 Å². The maximum absolute atomic E-state index is 3.52. The minimum Gasteiger partial charge on any atom is -0.295 e. The van der Waals surface area contributed by atoms with Crippen LogP contribution < -0.4 is 0 Å². The van der Waals surface area contributed by atoms with Crippen molar-refractivity contribution in [3.8, 4) is 0 Å². The topological polar surface area (TPSA) is 3.24 Å². The highest BCUT2D eigenvalue weighted by Gasteiger charge is 2.24. The molecule has 0 N–H and O–H groups in total. The molecule has 1 aromatic heterocycles. The van der Waals surface area contributed by atoms with Crippen molar-refractivity contribution < 1.29 is 0 Å². The Morgan fingerprint density at radius 1 is 1.47 bits per heavy atom. The molecule has 0 aliphatic carbocycles. The van der Waals surface area contributed by atoms with Crippen LogP contribution in [0.1, 0.15) is 31.6 Å². The minimum absolute atomic E-state index is 0.736. The van der Waals surface area contributed by atoms with Crippen LogP contribution in [0.5, 0.6) is 0 Å². The molecule has 2 heterocycles. The van der Waals surface area contributed by atoms with Crippen LogP contribution in [-0.2, 0) is 6.54 Å². The van der Waals surface area contributed by atoms with E-state index in [4.69, 9.17) is 0 Å². The molecule has 1 aromatic rings. The molecule has 0 amide bonds. The Kier molecular flexibility index (Phi) is 3.86. The van der Waals surface area contributed by atoms with Crippen molar-refractivity contribution in [2.75, 3.05) is 6.54 Å². The molecule has 2 unspecified atom stereocenters. The average Bonchev–Trinajstić information content (AvgIpc) is 2.59. The quantitative estimate of drug-likeness (QED) is 0.791. The summed E-state index contributed by atoms with van der Waals surface area (Å²) in [7, 11) is 0. The summed E-state index contributed by atoms with van der Waals surface area (Å²) >= 11 is 5.38. The summed E-state index contributed by atoms with van der Waals surface area (Å²) < 4.78 is 1.25. The van der Waals surface area contributed by atoms with E-state index in [1.54, 1.807) is 0 Å². The first-order chi connectivity index (χ1) is 7.16. The fraction of sp³-hybridized carbons (Fsp3) is 0.667. The lowest BCUT2D eigenvalue weighted by Crippen LogP contribution is -2.41. The molecule has 1 saturated heterocycles. The number of hydrogen-bond donors (Lipinski definition) is 0. The van der Waals surface area contributed by atoms with Gasteiger partial charge in [0.2, 0.25) is 0 Å². The van der Waals surface area contributed by atoms with Gasteiger partial charge >= 0.3 is 0 Å². The van der Waals surface area contributed by atoms with Gasteiger partial charge in [0.15, 0.2) is 0 Å². The van der Waals surface area contributed by atoms with Crippen molar-refractivity contribution in [2.45, 2.75) is 39.3 Å². The van der Waals surface area contributed by atoms with Gasteiger partial charge in [0.05, 0.1) is 3.79 Å². The predicted octanol–water partition coefficient (Wildman–Crippen LogP) is 4.13. The lowest BCUT2D eigenvalue weighted by atomic mass is 9.92. The normalized spacial score (nSPS) is 28.2. The van der Waals surface area contributed by atoms with Crippen LogP contribution in [0.25, 0.3) is 0 Å². The van der Waals surface area contributed by atoms with Crippen molar-refractivity contribution in [1.82, 2.24) is 4.90 Å². The number of likely N-dealkylation sites (tertiary alicyclic amines) is 1. The molecule has 3 heteroatoms. The molecule has 1 fully saturated rings. The third kappa shape index (κ3) is 2.83. The summed E-state index contributed by atoms with van der Waals surface area (Å²) in [6.07, 6.45) is 2.75. The molecule has 0 radical (unpaired) electrons. The number of halogens is 1. The van der Waals surface area contributed by atoms with Crippen LogP contribution in [0.2, 0.25) is 0 Å². The van der Waals surface area contributed by atoms with E-state index < -0.39 is 0 Å². The summed E-state index contributed by atoms with van der Waals surface area (Å²) in [6.45, 7) is 7.14. The zero-order valence-corrected chi connectivity index (χ0v) is 11.8. The molecule has 2 rings (SSSR count). The van der Waals surface area contributed by atoms with Gasteiger partial charge in [0.1, 0.15) is 0 Å². The summed E-state index contributed by atoms with van der Waals surface area (Å²) in [5.41, 5.74) is 0. The molecular formula is C12H18BrNS. The van der Waals surface area contributed by atoms with E-state index in [9.17, 15) is 0 Å². The Morgan fingerprint density at radius 2 is 2.27 bits per heavy atom. The third-order valence-corrected chi connectivity index (χ3v) is 5.10. The molecule has 1 nitrogen and oxygen atoms in total. The van der Waals surface area contributed by atoms with Crippen LogP contribution in [0.15, 0.2) is 15.9 Å². The van der Waals surface area contributed by atoms with Gasteiger partial charge < -0.3 is 0 Å². The van der Waals surface area contributed by atoms with E-state index >= 15 is 0 Å². The molecule has 15 heavy (non-hydrogen) atoms. The lowest BCUT2D eigenvalue weighted by Gasteiger charge is -2.37. The molecule has 1 aliphatic heterocycles. The minimum atomic E-state index is 0.736. The highest BCUT2D eigenvalue weighted by Crippen LogP contribution is 2.28. The number of piperidine rings is 1. The van der Waals surface area contributed by atoms with E-state index in [-0.39, 0.29) is 0 Å². The monoisotopic (exact) mass is 287 g/mol. The number of nitrogens with zero attached hydrogens (tertiary/aromatic N) is 1. The van der Waals surface area contributed by atoms with Gasteiger partial charge in [-0.2, -0.15) is 0 Å². The van der Waals surface area contributed by atoms with Crippen LogP contribution in [0, 0.1) is 5.92 Å². The van der Waals surface area contributed by atoms with E-state index in [1.807, 2.05) is 11.3 Å². The summed E-state index contributed by atoms with van der Waals surface area (Å²) in [6, 6.07) is 5.12. The van der Waals surface area contributed by atoms with Crippen molar-refractivity contribution in [2.24, 2.45) is 5.92 Å². The van der Waals surface area contributed by atoms with Gasteiger partial charge in [0.25, 0.3) is 0 Å². The fourth-order valence-corrected chi connectivity index (χ4v) is 3.79. The summed E-state index contributed by atoms with van der Waals surface area (Å²) in [5.74, 6) is 0.849. The second-order valence-electron chi connectivity index (χ2n) is 4.54. The maximum atomic E-state index is 3.52. The van der Waals surface area contributed by atoms with Crippen LogP contribution >= 0.6 is 27.3 Å². The largest absolute Gasteiger partial charge is 0.295 e. The number of hydrogen-bond acceptors (Lipinski definition) is 2. The zero-order valence-electron chi connectivity index (χ0n) is 9.37. The van der Waals surface area contributed by atoms with Gasteiger partial charge in [-0.1, -0.05) is 6.92 Å². The second-order valence-corrected chi connectivity index (χ2v) is 7.08. The lowest BCUT2D eigenvalue weighted by molar-refractivity contribution is 0.107. The van der Waals surface area contributed by atoms with Crippen LogP contribution in [-0.4, -0.2) is 17.5 Å². The molecule has 0 bridgehead atoms.